The lowest BCUT2D eigenvalue weighted by molar-refractivity contribution is -0.126. The van der Waals surface area contributed by atoms with Crippen molar-refractivity contribution < 1.29 is 19.2 Å². The van der Waals surface area contributed by atoms with E-state index >= 15 is 0 Å². The molecule has 156 valence electrons. The first-order valence-electron chi connectivity index (χ1n) is 9.87. The Hall–Kier alpha value is -3.16. The molecule has 31 heavy (non-hydrogen) atoms. The number of carbonyl (C=O) groups excluding carboxylic acids is 2. The Morgan fingerprint density at radius 3 is 2.13 bits per heavy atom. The Kier molecular flexibility index (Phi) is 5.00. The average Bonchev–Trinajstić information content (AvgIpc) is 3.31. The second-order valence-electron chi connectivity index (χ2n) is 7.40. The third-order valence-electron chi connectivity index (χ3n) is 5.66. The fraction of sp³-hybridized carbons (Fsp3) is 0.167. The maximum atomic E-state index is 13.5. The van der Waals surface area contributed by atoms with Gasteiger partial charge in [-0.2, -0.15) is 0 Å². The van der Waals surface area contributed by atoms with Crippen molar-refractivity contribution in [2.75, 3.05) is 17.1 Å². The Balaban J connectivity index is 1.60. The summed E-state index contributed by atoms with van der Waals surface area (Å²) in [6, 6.07) is 23.6. The number of hydrogen-bond acceptors (Lipinski definition) is 5. The Labute approximate surface area is 188 Å². The number of amides is 2. The topological polar surface area (TPSA) is 59.1 Å². The molecular weight excluding hydrogens is 460 g/mol. The van der Waals surface area contributed by atoms with Crippen molar-refractivity contribution in [2.24, 2.45) is 5.92 Å². The molecule has 2 heterocycles. The normalized spacial score (nSPS) is 22.7. The molecule has 5 rings (SSSR count). The lowest BCUT2D eigenvalue weighted by Crippen LogP contribution is -2.37. The van der Waals surface area contributed by atoms with Gasteiger partial charge in [-0.05, 0) is 57.9 Å². The number of methoxy groups -OCH3 is 1. The molecule has 0 bridgehead atoms. The summed E-state index contributed by atoms with van der Waals surface area (Å²) < 4.78 is 6.12. The first-order chi connectivity index (χ1) is 15.1. The van der Waals surface area contributed by atoms with Crippen LogP contribution >= 0.6 is 15.9 Å². The van der Waals surface area contributed by atoms with Crippen LogP contribution in [0.4, 0.5) is 11.4 Å². The number of nitrogens with zero attached hydrogens (tertiary/aromatic N) is 2. The molecule has 0 saturated carbocycles. The molecule has 0 N–H and O–H groups in total. The maximum absolute atomic E-state index is 13.5. The smallest absolute Gasteiger partial charge is 0.266 e. The molecule has 0 radical (unpaired) electrons. The van der Waals surface area contributed by atoms with Crippen molar-refractivity contribution in [1.29, 1.82) is 0 Å². The summed E-state index contributed by atoms with van der Waals surface area (Å²) in [4.78, 5) is 34.2. The zero-order valence-electron chi connectivity index (χ0n) is 16.6. The van der Waals surface area contributed by atoms with Crippen molar-refractivity contribution in [3.63, 3.8) is 0 Å². The minimum absolute atomic E-state index is 0.267. The molecule has 2 saturated heterocycles. The fourth-order valence-corrected chi connectivity index (χ4v) is 4.81. The summed E-state index contributed by atoms with van der Waals surface area (Å²) in [7, 11) is 1.60. The van der Waals surface area contributed by atoms with E-state index in [2.05, 4.69) is 15.9 Å². The third-order valence-corrected chi connectivity index (χ3v) is 6.28. The second kappa shape index (κ2) is 7.83. The van der Waals surface area contributed by atoms with E-state index in [1.54, 1.807) is 36.4 Å². The number of ether oxygens (including phenoxy) is 1. The lowest BCUT2D eigenvalue weighted by Gasteiger charge is -2.29. The largest absolute Gasteiger partial charge is 0.496 e. The van der Waals surface area contributed by atoms with Gasteiger partial charge < -0.3 is 4.74 Å². The SMILES string of the molecule is COc1ccc([C@H]2[C@H]3C(=O)N(c4ccccc4)C(=O)[C@@H]3ON2c2ccccc2)cc1Br. The van der Waals surface area contributed by atoms with E-state index in [1.807, 2.05) is 54.6 Å². The van der Waals surface area contributed by atoms with Crippen LogP contribution in [0, 0.1) is 5.92 Å². The zero-order valence-corrected chi connectivity index (χ0v) is 18.2. The van der Waals surface area contributed by atoms with Gasteiger partial charge in [0.15, 0.2) is 6.10 Å². The van der Waals surface area contributed by atoms with E-state index in [-0.39, 0.29) is 11.8 Å². The molecular formula is C24H19BrN2O4. The van der Waals surface area contributed by atoms with Crippen molar-refractivity contribution in [2.45, 2.75) is 12.1 Å². The lowest BCUT2D eigenvalue weighted by atomic mass is 9.90. The monoisotopic (exact) mass is 478 g/mol. The molecule has 2 amide bonds. The number of carbonyl (C=O) groups is 2. The fourth-order valence-electron chi connectivity index (χ4n) is 4.25. The highest BCUT2D eigenvalue weighted by atomic mass is 79.9. The molecule has 0 aliphatic carbocycles. The summed E-state index contributed by atoms with van der Waals surface area (Å²) >= 11 is 3.53. The van der Waals surface area contributed by atoms with Gasteiger partial charge >= 0.3 is 0 Å². The van der Waals surface area contributed by atoms with Gasteiger partial charge in [-0.15, -0.1) is 0 Å². The van der Waals surface area contributed by atoms with Crippen LogP contribution in [0.3, 0.4) is 0 Å². The maximum Gasteiger partial charge on any atom is 0.266 e. The van der Waals surface area contributed by atoms with Gasteiger partial charge in [-0.25, -0.2) is 9.96 Å². The van der Waals surface area contributed by atoms with E-state index in [0.717, 1.165) is 15.7 Å². The first kappa shape index (κ1) is 19.8. The Bertz CT molecular complexity index is 1140. The summed E-state index contributed by atoms with van der Waals surface area (Å²) in [6.07, 6.45) is -0.890. The number of rotatable bonds is 4. The Morgan fingerprint density at radius 1 is 0.871 bits per heavy atom. The number of imide groups is 1. The summed E-state index contributed by atoms with van der Waals surface area (Å²) in [5.74, 6) is -0.604. The number of hydrogen-bond donors (Lipinski definition) is 0. The van der Waals surface area contributed by atoms with Gasteiger partial charge in [0, 0.05) is 0 Å². The van der Waals surface area contributed by atoms with Crippen LogP contribution in [0.2, 0.25) is 0 Å². The highest BCUT2D eigenvalue weighted by Gasteiger charge is 2.60. The van der Waals surface area contributed by atoms with E-state index in [4.69, 9.17) is 9.57 Å². The van der Waals surface area contributed by atoms with Crippen LogP contribution < -0.4 is 14.7 Å². The van der Waals surface area contributed by atoms with E-state index < -0.39 is 18.1 Å². The number of anilines is 2. The van der Waals surface area contributed by atoms with Gasteiger partial charge in [-0.1, -0.05) is 42.5 Å². The molecule has 0 spiro atoms. The standard InChI is InChI=1S/C24H19BrN2O4/c1-30-19-13-12-15(14-18(19)25)21-20-22(31-27(21)17-10-6-3-7-11-17)24(29)26(23(20)28)16-8-4-2-5-9-16/h2-14,20-22H,1H3/t20-,21+,22-/m1/s1. The average molecular weight is 479 g/mol. The molecule has 0 aromatic heterocycles. The minimum atomic E-state index is -0.890. The van der Waals surface area contributed by atoms with E-state index in [9.17, 15) is 9.59 Å². The third kappa shape index (κ3) is 3.21. The number of fused-ring (bicyclic) bond motifs is 1. The van der Waals surface area contributed by atoms with Crippen molar-refractivity contribution in [3.8, 4) is 5.75 Å². The number of hydroxylamine groups is 1. The van der Waals surface area contributed by atoms with Crippen LogP contribution in [-0.4, -0.2) is 25.0 Å². The van der Waals surface area contributed by atoms with Crippen LogP contribution in [0.5, 0.6) is 5.75 Å². The molecule has 3 atom stereocenters. The molecule has 2 fully saturated rings. The van der Waals surface area contributed by atoms with Crippen LogP contribution in [0.15, 0.2) is 83.3 Å². The summed E-state index contributed by atoms with van der Waals surface area (Å²) in [6.45, 7) is 0. The van der Waals surface area contributed by atoms with Gasteiger partial charge in [-0.3, -0.25) is 14.4 Å². The molecule has 3 aromatic carbocycles. The van der Waals surface area contributed by atoms with Gasteiger partial charge in [0.1, 0.15) is 11.7 Å². The van der Waals surface area contributed by atoms with Crippen LogP contribution in [-0.2, 0) is 14.4 Å². The minimum Gasteiger partial charge on any atom is -0.496 e. The molecule has 2 aliphatic rings. The number of benzene rings is 3. The van der Waals surface area contributed by atoms with Gasteiger partial charge in [0.2, 0.25) is 5.91 Å². The summed E-state index contributed by atoms with van der Waals surface area (Å²) in [5, 5.41) is 1.68. The molecule has 7 heteroatoms. The van der Waals surface area contributed by atoms with Crippen LogP contribution in [0.25, 0.3) is 0 Å². The van der Waals surface area contributed by atoms with Crippen molar-refractivity contribution in [3.05, 3.63) is 88.9 Å². The van der Waals surface area contributed by atoms with Crippen molar-refractivity contribution in [1.82, 2.24) is 0 Å². The van der Waals surface area contributed by atoms with Crippen LogP contribution in [0.1, 0.15) is 11.6 Å². The summed E-state index contributed by atoms with van der Waals surface area (Å²) in [5.41, 5.74) is 2.18. The number of para-hydroxylation sites is 2. The zero-order chi connectivity index (χ0) is 21.5. The molecule has 6 nitrogen and oxygen atoms in total. The van der Waals surface area contributed by atoms with E-state index in [0.29, 0.717) is 11.4 Å². The van der Waals surface area contributed by atoms with Gasteiger partial charge in [0.05, 0.1) is 29.0 Å². The molecule has 2 aliphatic heterocycles. The van der Waals surface area contributed by atoms with Crippen molar-refractivity contribution >= 4 is 39.1 Å². The number of halogens is 1. The predicted octanol–water partition coefficient (Wildman–Crippen LogP) is 4.51. The molecule has 3 aromatic rings. The highest BCUT2D eigenvalue weighted by molar-refractivity contribution is 9.10. The quantitative estimate of drug-likeness (QED) is 0.516. The molecule has 0 unspecified atom stereocenters. The highest BCUT2D eigenvalue weighted by Crippen LogP contribution is 2.48. The Morgan fingerprint density at radius 2 is 1.52 bits per heavy atom. The second-order valence-corrected chi connectivity index (χ2v) is 8.25. The predicted molar refractivity (Wildman–Crippen MR) is 120 cm³/mol. The first-order valence-corrected chi connectivity index (χ1v) is 10.7. The van der Waals surface area contributed by atoms with E-state index in [1.165, 1.54) is 4.90 Å². The van der Waals surface area contributed by atoms with Gasteiger partial charge in [0.25, 0.3) is 5.91 Å².